The SMILES string of the molecule is CCC(CC)(c1ccc(OCC(O)C(C)(C)C)c(C)c1)c1cc2ccc(C(=O)O)cc2o1. The number of furan rings is 1. The molecular weight excluding hydrogens is 404 g/mol. The molecule has 5 heteroatoms. The molecule has 0 saturated heterocycles. The Hall–Kier alpha value is -2.79. The number of ether oxygens (including phenoxy) is 1. The predicted molar refractivity (Wildman–Crippen MR) is 127 cm³/mol. The molecule has 1 heterocycles. The molecule has 172 valence electrons. The maximum Gasteiger partial charge on any atom is 0.335 e. The summed E-state index contributed by atoms with van der Waals surface area (Å²) in [6.45, 7) is 12.5. The second-order valence-corrected chi connectivity index (χ2v) is 9.63. The third-order valence-corrected chi connectivity index (χ3v) is 6.57. The molecule has 3 aromatic rings. The van der Waals surface area contributed by atoms with Gasteiger partial charge in [-0.05, 0) is 60.6 Å². The van der Waals surface area contributed by atoms with Gasteiger partial charge in [0.25, 0.3) is 0 Å². The van der Waals surface area contributed by atoms with Crippen LogP contribution < -0.4 is 4.74 Å². The lowest BCUT2D eigenvalue weighted by Gasteiger charge is -2.31. The molecule has 0 aliphatic heterocycles. The zero-order chi connectivity index (χ0) is 23.7. The molecule has 0 spiro atoms. The molecule has 0 bridgehead atoms. The zero-order valence-corrected chi connectivity index (χ0v) is 19.9. The monoisotopic (exact) mass is 438 g/mol. The number of hydrogen-bond donors (Lipinski definition) is 2. The lowest BCUT2D eigenvalue weighted by Crippen LogP contribution is -2.32. The highest BCUT2D eigenvalue weighted by atomic mass is 16.5. The fourth-order valence-corrected chi connectivity index (χ4v) is 4.08. The fraction of sp³-hybridized carbons (Fsp3) is 0.444. The van der Waals surface area contributed by atoms with Crippen molar-refractivity contribution in [3.05, 3.63) is 64.9 Å². The zero-order valence-electron chi connectivity index (χ0n) is 19.9. The predicted octanol–water partition coefficient (Wildman–Crippen LogP) is 6.33. The Morgan fingerprint density at radius 1 is 1.06 bits per heavy atom. The van der Waals surface area contributed by atoms with Crippen LogP contribution in [0.5, 0.6) is 5.75 Å². The molecule has 5 nitrogen and oxygen atoms in total. The van der Waals surface area contributed by atoms with Crippen molar-refractivity contribution in [1.29, 1.82) is 0 Å². The van der Waals surface area contributed by atoms with E-state index in [1.807, 2.05) is 39.8 Å². The second kappa shape index (κ2) is 8.99. The summed E-state index contributed by atoms with van der Waals surface area (Å²) in [5, 5.41) is 20.5. The summed E-state index contributed by atoms with van der Waals surface area (Å²) in [4.78, 5) is 11.3. The maximum absolute atomic E-state index is 11.3. The van der Waals surface area contributed by atoms with Crippen LogP contribution in [0.25, 0.3) is 11.0 Å². The Bertz CT molecular complexity index is 1100. The third kappa shape index (κ3) is 4.53. The van der Waals surface area contributed by atoms with Crippen molar-refractivity contribution in [2.24, 2.45) is 5.41 Å². The largest absolute Gasteiger partial charge is 0.491 e. The molecule has 1 aromatic heterocycles. The number of aromatic carboxylic acids is 1. The van der Waals surface area contributed by atoms with E-state index in [0.717, 1.165) is 40.9 Å². The minimum absolute atomic E-state index is 0.215. The molecule has 0 aliphatic rings. The molecule has 0 aliphatic carbocycles. The van der Waals surface area contributed by atoms with Crippen LogP contribution in [-0.4, -0.2) is 28.9 Å². The lowest BCUT2D eigenvalue weighted by molar-refractivity contribution is 0.0216. The van der Waals surface area contributed by atoms with Gasteiger partial charge in [0.1, 0.15) is 23.7 Å². The summed E-state index contributed by atoms with van der Waals surface area (Å²) in [7, 11) is 0. The summed E-state index contributed by atoms with van der Waals surface area (Å²) in [5.41, 5.74) is 2.34. The standard InChI is InChI=1S/C27H34O5/c1-7-27(8-2,24-15-18-9-10-19(25(29)30)14-22(18)32-24)20-11-12-21(17(3)13-20)31-16-23(28)26(4,5)6/h9-15,23,28H,7-8,16H2,1-6H3,(H,29,30). The van der Waals surface area contributed by atoms with Gasteiger partial charge in [0.05, 0.1) is 17.1 Å². The summed E-state index contributed by atoms with van der Waals surface area (Å²) in [5.74, 6) is 0.620. The molecular formula is C27H34O5. The first kappa shape index (κ1) is 23.9. The van der Waals surface area contributed by atoms with E-state index in [-0.39, 0.29) is 23.0 Å². The Balaban J connectivity index is 1.96. The minimum atomic E-state index is -0.968. The summed E-state index contributed by atoms with van der Waals surface area (Å²) in [6, 6.07) is 13.2. The summed E-state index contributed by atoms with van der Waals surface area (Å²) in [6.07, 6.45) is 1.10. The van der Waals surface area contributed by atoms with Crippen molar-refractivity contribution < 1.29 is 24.2 Å². The van der Waals surface area contributed by atoms with Gasteiger partial charge in [0.15, 0.2) is 0 Å². The molecule has 32 heavy (non-hydrogen) atoms. The molecule has 1 atom stereocenters. The van der Waals surface area contributed by atoms with E-state index >= 15 is 0 Å². The van der Waals surface area contributed by atoms with Crippen LogP contribution in [0.1, 0.15) is 74.7 Å². The number of carboxylic acids is 1. The Morgan fingerprint density at radius 2 is 1.75 bits per heavy atom. The van der Waals surface area contributed by atoms with Crippen molar-refractivity contribution in [3.8, 4) is 5.75 Å². The van der Waals surface area contributed by atoms with E-state index in [4.69, 9.17) is 9.15 Å². The van der Waals surface area contributed by atoms with Crippen molar-refractivity contribution in [3.63, 3.8) is 0 Å². The fourth-order valence-electron chi connectivity index (χ4n) is 4.08. The Labute approximate surface area is 190 Å². The second-order valence-electron chi connectivity index (χ2n) is 9.63. The van der Waals surface area contributed by atoms with E-state index in [2.05, 4.69) is 26.0 Å². The number of hydrogen-bond acceptors (Lipinski definition) is 4. The average molecular weight is 439 g/mol. The third-order valence-electron chi connectivity index (χ3n) is 6.57. The van der Waals surface area contributed by atoms with Crippen molar-refractivity contribution in [2.75, 3.05) is 6.61 Å². The van der Waals surface area contributed by atoms with Crippen molar-refractivity contribution >= 4 is 16.9 Å². The van der Waals surface area contributed by atoms with Crippen LogP contribution in [0.15, 0.2) is 46.9 Å². The van der Waals surface area contributed by atoms with E-state index < -0.39 is 12.1 Å². The minimum Gasteiger partial charge on any atom is -0.491 e. The number of aliphatic hydroxyl groups is 1. The van der Waals surface area contributed by atoms with Gasteiger partial charge in [-0.2, -0.15) is 0 Å². The normalized spacial score (nSPS) is 13.3. The number of benzene rings is 2. The smallest absolute Gasteiger partial charge is 0.335 e. The average Bonchev–Trinajstić information content (AvgIpc) is 3.17. The van der Waals surface area contributed by atoms with Gasteiger partial charge in [0.2, 0.25) is 0 Å². The highest BCUT2D eigenvalue weighted by molar-refractivity contribution is 5.92. The van der Waals surface area contributed by atoms with E-state index in [1.54, 1.807) is 18.2 Å². The quantitative estimate of drug-likeness (QED) is 0.429. The molecule has 0 radical (unpaired) electrons. The topological polar surface area (TPSA) is 79.9 Å². The van der Waals surface area contributed by atoms with Gasteiger partial charge in [0, 0.05) is 5.39 Å². The summed E-state index contributed by atoms with van der Waals surface area (Å²) >= 11 is 0. The first-order valence-corrected chi connectivity index (χ1v) is 11.2. The molecule has 3 rings (SSSR count). The van der Waals surface area contributed by atoms with E-state index in [0.29, 0.717) is 5.58 Å². The van der Waals surface area contributed by atoms with Gasteiger partial charge < -0.3 is 19.4 Å². The Kier molecular flexibility index (Phi) is 6.70. The number of carbonyl (C=O) groups is 1. The first-order valence-electron chi connectivity index (χ1n) is 11.2. The maximum atomic E-state index is 11.3. The van der Waals surface area contributed by atoms with E-state index in [1.165, 1.54) is 0 Å². The van der Waals surface area contributed by atoms with Crippen molar-refractivity contribution in [1.82, 2.24) is 0 Å². The molecule has 0 fully saturated rings. The summed E-state index contributed by atoms with van der Waals surface area (Å²) < 4.78 is 12.1. The van der Waals surface area contributed by atoms with Gasteiger partial charge in [-0.3, -0.25) is 0 Å². The van der Waals surface area contributed by atoms with Gasteiger partial charge in [-0.15, -0.1) is 0 Å². The van der Waals surface area contributed by atoms with Crippen LogP contribution in [0.3, 0.4) is 0 Å². The molecule has 0 saturated carbocycles. The van der Waals surface area contributed by atoms with Gasteiger partial charge >= 0.3 is 5.97 Å². The number of rotatable bonds is 8. The number of fused-ring (bicyclic) bond motifs is 1. The van der Waals surface area contributed by atoms with Crippen molar-refractivity contribution in [2.45, 2.75) is 65.9 Å². The van der Waals surface area contributed by atoms with E-state index in [9.17, 15) is 15.0 Å². The Morgan fingerprint density at radius 3 is 2.31 bits per heavy atom. The highest BCUT2D eigenvalue weighted by Gasteiger charge is 2.35. The van der Waals surface area contributed by atoms with Gasteiger partial charge in [-0.25, -0.2) is 4.79 Å². The van der Waals surface area contributed by atoms with Crippen LogP contribution in [0.2, 0.25) is 0 Å². The van der Waals surface area contributed by atoms with Gasteiger partial charge in [-0.1, -0.05) is 52.8 Å². The van der Waals surface area contributed by atoms with Crippen LogP contribution >= 0.6 is 0 Å². The number of carboxylic acid groups (broad SMARTS) is 1. The first-order chi connectivity index (χ1) is 15.0. The molecule has 2 aromatic carbocycles. The molecule has 0 amide bonds. The van der Waals surface area contributed by atoms with Crippen LogP contribution in [-0.2, 0) is 5.41 Å². The molecule has 1 unspecified atom stereocenters. The lowest BCUT2D eigenvalue weighted by atomic mass is 9.73. The highest BCUT2D eigenvalue weighted by Crippen LogP contribution is 2.42. The number of aryl methyl sites for hydroxylation is 1. The van der Waals surface area contributed by atoms with Crippen LogP contribution in [0.4, 0.5) is 0 Å². The van der Waals surface area contributed by atoms with Crippen LogP contribution in [0, 0.1) is 12.3 Å². The molecule has 2 N–H and O–H groups in total. The number of aliphatic hydroxyl groups excluding tert-OH is 1.